The summed E-state index contributed by atoms with van der Waals surface area (Å²) in [5, 5.41) is 1.11. The second-order valence-electron chi connectivity index (χ2n) is 6.90. The average Bonchev–Trinajstić information content (AvgIpc) is 3.28. The van der Waals surface area contributed by atoms with Gasteiger partial charge in [-0.15, -0.1) is 0 Å². The Hall–Kier alpha value is -3.92. The number of oxazole rings is 1. The number of sulfone groups is 1. The van der Waals surface area contributed by atoms with E-state index in [-0.39, 0.29) is 11.5 Å². The van der Waals surface area contributed by atoms with Gasteiger partial charge in [0.25, 0.3) is 0 Å². The standard InChI is InChI=1S/C23H21N3O6S/c1-3-31-23(27)22(33(28,29)17-9-7-16(30-2)8-10-17)25-18-5-4-6-19-20(18)26-21(32-19)15-11-13-24-14-12-15/h4-14,22,25H,3H2,1-2H3. The molecule has 170 valence electrons. The van der Waals surface area contributed by atoms with E-state index in [0.29, 0.717) is 34.0 Å². The van der Waals surface area contributed by atoms with Crippen LogP contribution in [0.3, 0.4) is 0 Å². The molecule has 0 amide bonds. The van der Waals surface area contributed by atoms with Crippen molar-refractivity contribution in [3.63, 3.8) is 0 Å². The quantitative estimate of drug-likeness (QED) is 0.387. The Kier molecular flexibility index (Phi) is 6.27. The highest BCUT2D eigenvalue weighted by atomic mass is 32.2. The van der Waals surface area contributed by atoms with Crippen LogP contribution in [0.5, 0.6) is 5.75 Å². The second-order valence-corrected chi connectivity index (χ2v) is 8.94. The molecule has 1 unspecified atom stereocenters. The molecule has 0 spiro atoms. The molecule has 0 aliphatic carbocycles. The Morgan fingerprint density at radius 2 is 1.82 bits per heavy atom. The summed E-state index contributed by atoms with van der Waals surface area (Å²) in [7, 11) is -2.69. The van der Waals surface area contributed by atoms with Crippen molar-refractivity contribution in [3.05, 3.63) is 67.0 Å². The molecule has 33 heavy (non-hydrogen) atoms. The van der Waals surface area contributed by atoms with Gasteiger partial charge in [0.05, 0.1) is 24.3 Å². The van der Waals surface area contributed by atoms with Crippen LogP contribution in [-0.2, 0) is 19.4 Å². The number of fused-ring (bicyclic) bond motifs is 1. The zero-order valence-electron chi connectivity index (χ0n) is 17.9. The number of esters is 1. The molecule has 0 aliphatic heterocycles. The summed E-state index contributed by atoms with van der Waals surface area (Å²) in [6.45, 7) is 1.63. The van der Waals surface area contributed by atoms with Gasteiger partial charge in [0.1, 0.15) is 11.3 Å². The summed E-state index contributed by atoms with van der Waals surface area (Å²) in [4.78, 5) is 21.1. The minimum atomic E-state index is -4.17. The molecular weight excluding hydrogens is 446 g/mol. The van der Waals surface area contributed by atoms with Crippen LogP contribution in [0.15, 0.2) is 76.3 Å². The maximum Gasteiger partial charge on any atom is 0.344 e. The van der Waals surface area contributed by atoms with E-state index in [9.17, 15) is 13.2 Å². The Labute approximate surface area is 190 Å². The lowest BCUT2D eigenvalue weighted by atomic mass is 10.2. The van der Waals surface area contributed by atoms with Crippen molar-refractivity contribution in [1.29, 1.82) is 0 Å². The van der Waals surface area contributed by atoms with Gasteiger partial charge < -0.3 is 19.2 Å². The molecule has 9 nitrogen and oxygen atoms in total. The van der Waals surface area contributed by atoms with Crippen LogP contribution in [0.1, 0.15) is 6.92 Å². The summed E-state index contributed by atoms with van der Waals surface area (Å²) < 4.78 is 42.7. The summed E-state index contributed by atoms with van der Waals surface area (Å²) in [6.07, 6.45) is 3.23. The van der Waals surface area contributed by atoms with Gasteiger partial charge in [0, 0.05) is 18.0 Å². The third-order valence-corrected chi connectivity index (χ3v) is 6.69. The lowest BCUT2D eigenvalue weighted by Gasteiger charge is -2.19. The summed E-state index contributed by atoms with van der Waals surface area (Å²) in [6, 6.07) is 14.3. The smallest absolute Gasteiger partial charge is 0.344 e. The molecule has 4 rings (SSSR count). The van der Waals surface area contributed by atoms with Crippen molar-refractivity contribution >= 4 is 32.6 Å². The minimum absolute atomic E-state index is 0.0233. The highest BCUT2D eigenvalue weighted by Gasteiger charge is 2.36. The van der Waals surface area contributed by atoms with Gasteiger partial charge in [0.15, 0.2) is 5.58 Å². The minimum Gasteiger partial charge on any atom is -0.497 e. The fourth-order valence-electron chi connectivity index (χ4n) is 3.21. The number of aromatic nitrogens is 2. The molecule has 0 radical (unpaired) electrons. The fraction of sp³-hybridized carbons (Fsp3) is 0.174. The summed E-state index contributed by atoms with van der Waals surface area (Å²) in [5.74, 6) is -0.0962. The van der Waals surface area contributed by atoms with Crippen molar-refractivity contribution in [2.24, 2.45) is 0 Å². The first kappa shape index (κ1) is 22.3. The SMILES string of the molecule is CCOC(=O)C(Nc1cccc2oc(-c3ccncc3)nc12)S(=O)(=O)c1ccc(OC)cc1. The van der Waals surface area contributed by atoms with Gasteiger partial charge in [-0.2, -0.15) is 0 Å². The van der Waals surface area contributed by atoms with Crippen LogP contribution in [-0.4, -0.2) is 43.4 Å². The normalized spacial score (nSPS) is 12.3. The van der Waals surface area contributed by atoms with Gasteiger partial charge >= 0.3 is 5.97 Å². The largest absolute Gasteiger partial charge is 0.497 e. The van der Waals surface area contributed by atoms with E-state index in [2.05, 4.69) is 15.3 Å². The number of methoxy groups -OCH3 is 1. The molecule has 0 fully saturated rings. The predicted octanol–water partition coefficient (Wildman–Crippen LogP) is 3.67. The molecule has 2 aromatic heterocycles. The number of hydrogen-bond donors (Lipinski definition) is 1. The number of pyridine rings is 1. The van der Waals surface area contributed by atoms with Crippen molar-refractivity contribution in [1.82, 2.24) is 9.97 Å². The lowest BCUT2D eigenvalue weighted by Crippen LogP contribution is -2.39. The monoisotopic (exact) mass is 467 g/mol. The number of rotatable bonds is 8. The summed E-state index contributed by atoms with van der Waals surface area (Å²) in [5.41, 5.74) is 1.83. The zero-order chi connectivity index (χ0) is 23.4. The van der Waals surface area contributed by atoms with Crippen molar-refractivity contribution in [2.75, 3.05) is 19.0 Å². The molecule has 0 aliphatic rings. The average molecular weight is 468 g/mol. The third kappa shape index (κ3) is 4.51. The number of hydrogen-bond acceptors (Lipinski definition) is 9. The van der Waals surface area contributed by atoms with Gasteiger partial charge in [-0.25, -0.2) is 18.2 Å². The number of carbonyl (C=O) groups excluding carboxylic acids is 1. The third-order valence-electron chi connectivity index (χ3n) is 4.83. The number of nitrogens with zero attached hydrogens (tertiary/aromatic N) is 2. The maximum absolute atomic E-state index is 13.4. The van der Waals surface area contributed by atoms with E-state index in [4.69, 9.17) is 13.9 Å². The van der Waals surface area contributed by atoms with Crippen LogP contribution in [0.2, 0.25) is 0 Å². The van der Waals surface area contributed by atoms with E-state index in [1.807, 2.05) is 0 Å². The number of benzene rings is 2. The fourth-order valence-corrected chi connectivity index (χ4v) is 4.60. The molecule has 0 saturated heterocycles. The van der Waals surface area contributed by atoms with Crippen LogP contribution >= 0.6 is 0 Å². The first-order chi connectivity index (χ1) is 15.9. The molecule has 0 saturated carbocycles. The molecular formula is C23H21N3O6S. The van der Waals surface area contributed by atoms with Crippen LogP contribution in [0, 0.1) is 0 Å². The zero-order valence-corrected chi connectivity index (χ0v) is 18.7. The van der Waals surface area contributed by atoms with E-state index in [0.717, 1.165) is 0 Å². The Morgan fingerprint density at radius 1 is 1.09 bits per heavy atom. The molecule has 2 aromatic carbocycles. The van der Waals surface area contributed by atoms with Gasteiger partial charge in [0.2, 0.25) is 21.1 Å². The van der Waals surface area contributed by atoms with Crippen molar-refractivity contribution in [2.45, 2.75) is 17.2 Å². The highest BCUT2D eigenvalue weighted by Crippen LogP contribution is 2.30. The lowest BCUT2D eigenvalue weighted by molar-refractivity contribution is -0.142. The van der Waals surface area contributed by atoms with E-state index in [1.165, 1.54) is 31.4 Å². The summed E-state index contributed by atoms with van der Waals surface area (Å²) >= 11 is 0. The molecule has 2 heterocycles. The number of ether oxygens (including phenoxy) is 2. The van der Waals surface area contributed by atoms with Crippen molar-refractivity contribution < 1.29 is 27.1 Å². The Morgan fingerprint density at radius 3 is 2.48 bits per heavy atom. The molecule has 1 atom stereocenters. The van der Waals surface area contributed by atoms with Crippen molar-refractivity contribution in [3.8, 4) is 17.2 Å². The Balaban J connectivity index is 1.75. The van der Waals surface area contributed by atoms with E-state index < -0.39 is 21.2 Å². The van der Waals surface area contributed by atoms with Gasteiger partial charge in [-0.05, 0) is 55.5 Å². The molecule has 10 heteroatoms. The predicted molar refractivity (Wildman–Crippen MR) is 121 cm³/mol. The molecule has 0 bridgehead atoms. The van der Waals surface area contributed by atoms with Gasteiger partial charge in [-0.3, -0.25) is 4.98 Å². The number of nitrogens with one attached hydrogen (secondary N) is 1. The van der Waals surface area contributed by atoms with Crippen LogP contribution in [0.25, 0.3) is 22.6 Å². The Bertz CT molecular complexity index is 1370. The van der Waals surface area contributed by atoms with Gasteiger partial charge in [-0.1, -0.05) is 6.07 Å². The first-order valence-corrected chi connectivity index (χ1v) is 11.6. The van der Waals surface area contributed by atoms with E-state index >= 15 is 0 Å². The van der Waals surface area contributed by atoms with Crippen LogP contribution < -0.4 is 10.1 Å². The van der Waals surface area contributed by atoms with Crippen LogP contribution in [0.4, 0.5) is 5.69 Å². The molecule has 1 N–H and O–H groups in total. The topological polar surface area (TPSA) is 121 Å². The maximum atomic E-state index is 13.4. The first-order valence-electron chi connectivity index (χ1n) is 10.0. The molecule has 4 aromatic rings. The number of anilines is 1. The number of carbonyl (C=O) groups is 1. The second kappa shape index (κ2) is 9.29. The number of para-hydroxylation sites is 1. The van der Waals surface area contributed by atoms with E-state index in [1.54, 1.807) is 49.6 Å². The highest BCUT2D eigenvalue weighted by molar-refractivity contribution is 7.93.